The molecule has 23 heavy (non-hydrogen) atoms. The van der Waals surface area contributed by atoms with Crippen LogP contribution in [0.1, 0.15) is 67.2 Å². The lowest BCUT2D eigenvalue weighted by molar-refractivity contribution is 0.0729. The van der Waals surface area contributed by atoms with Crippen LogP contribution in [0.3, 0.4) is 0 Å². The van der Waals surface area contributed by atoms with Gasteiger partial charge in [0.1, 0.15) is 11.5 Å². The summed E-state index contributed by atoms with van der Waals surface area (Å²) in [6.45, 7) is 10.8. The molecule has 0 aliphatic carbocycles. The topological polar surface area (TPSA) is 64.2 Å². The van der Waals surface area contributed by atoms with Gasteiger partial charge in [-0.1, -0.05) is 5.16 Å². The lowest BCUT2D eigenvalue weighted by atomic mass is 10.1. The van der Waals surface area contributed by atoms with Crippen molar-refractivity contribution < 1.29 is 9.32 Å². The molecule has 0 spiro atoms. The Morgan fingerprint density at radius 2 is 2.09 bits per heavy atom. The fourth-order valence-corrected chi connectivity index (χ4v) is 3.31. The molecule has 3 rings (SSSR count). The minimum atomic E-state index is -0.143. The zero-order chi connectivity index (χ0) is 16.8. The lowest BCUT2D eigenvalue weighted by Gasteiger charge is -2.24. The van der Waals surface area contributed by atoms with Crippen molar-refractivity contribution in [1.29, 1.82) is 0 Å². The van der Waals surface area contributed by atoms with Gasteiger partial charge in [0, 0.05) is 18.3 Å². The van der Waals surface area contributed by atoms with Gasteiger partial charge in [-0.25, -0.2) is 0 Å². The van der Waals surface area contributed by atoms with E-state index in [4.69, 9.17) is 4.52 Å². The molecule has 2 aromatic heterocycles. The first-order valence-electron chi connectivity index (χ1n) is 8.08. The van der Waals surface area contributed by atoms with Gasteiger partial charge < -0.3 is 9.42 Å². The Morgan fingerprint density at radius 3 is 2.65 bits per heavy atom. The van der Waals surface area contributed by atoms with Crippen molar-refractivity contribution >= 4 is 5.91 Å². The predicted molar refractivity (Wildman–Crippen MR) is 86.2 cm³/mol. The molecule has 1 amide bonds. The van der Waals surface area contributed by atoms with Crippen molar-refractivity contribution in [3.63, 3.8) is 0 Å². The van der Waals surface area contributed by atoms with Crippen LogP contribution in [0.2, 0.25) is 0 Å². The quantitative estimate of drug-likeness (QED) is 0.853. The molecule has 1 aliphatic heterocycles. The van der Waals surface area contributed by atoms with Crippen LogP contribution < -0.4 is 0 Å². The van der Waals surface area contributed by atoms with E-state index in [1.165, 1.54) is 0 Å². The summed E-state index contributed by atoms with van der Waals surface area (Å²) in [6, 6.07) is 1.92. The first-order valence-corrected chi connectivity index (χ1v) is 8.08. The highest BCUT2D eigenvalue weighted by Gasteiger charge is 2.34. The largest absolute Gasteiger partial charge is 0.361 e. The monoisotopic (exact) mass is 316 g/mol. The number of hydrogen-bond acceptors (Lipinski definition) is 4. The third-order valence-corrected chi connectivity index (χ3v) is 4.38. The van der Waals surface area contributed by atoms with Gasteiger partial charge in [-0.2, -0.15) is 5.10 Å². The van der Waals surface area contributed by atoms with Gasteiger partial charge in [-0.3, -0.25) is 9.48 Å². The van der Waals surface area contributed by atoms with E-state index >= 15 is 0 Å². The molecule has 0 bridgehead atoms. The van der Waals surface area contributed by atoms with Crippen molar-refractivity contribution in [3.8, 4) is 0 Å². The molecule has 0 aromatic carbocycles. The summed E-state index contributed by atoms with van der Waals surface area (Å²) in [4.78, 5) is 14.9. The summed E-state index contributed by atoms with van der Waals surface area (Å²) in [7, 11) is 0. The average molecular weight is 316 g/mol. The van der Waals surface area contributed by atoms with E-state index in [0.717, 1.165) is 36.5 Å². The maximum Gasteiger partial charge on any atom is 0.257 e. The first-order chi connectivity index (χ1) is 10.8. The fourth-order valence-electron chi connectivity index (χ4n) is 3.31. The molecule has 124 valence electrons. The molecule has 1 fully saturated rings. The number of nitrogens with zero attached hydrogens (tertiary/aromatic N) is 4. The Hall–Kier alpha value is -2.11. The van der Waals surface area contributed by atoms with E-state index in [0.29, 0.717) is 5.56 Å². The SMILES string of the molecule is Cc1cc([C@H]2CCCN2C(=O)c2cnn(C(C)(C)C)c2C)no1. The predicted octanol–water partition coefficient (Wildman–Crippen LogP) is 3.22. The number of aryl methyl sites for hydroxylation is 1. The van der Waals surface area contributed by atoms with Gasteiger partial charge >= 0.3 is 0 Å². The summed E-state index contributed by atoms with van der Waals surface area (Å²) in [5.74, 6) is 0.803. The summed E-state index contributed by atoms with van der Waals surface area (Å²) >= 11 is 0. The molecular weight excluding hydrogens is 292 g/mol. The van der Waals surface area contributed by atoms with Gasteiger partial charge in [-0.05, 0) is 47.5 Å². The molecule has 3 heterocycles. The summed E-state index contributed by atoms with van der Waals surface area (Å²) in [6.07, 6.45) is 3.59. The highest BCUT2D eigenvalue weighted by molar-refractivity contribution is 5.95. The second-order valence-electron chi connectivity index (χ2n) is 7.25. The molecule has 0 N–H and O–H groups in total. The zero-order valence-electron chi connectivity index (χ0n) is 14.5. The molecule has 2 aromatic rings. The number of rotatable bonds is 2. The maximum atomic E-state index is 13.0. The normalized spacial score (nSPS) is 18.7. The number of likely N-dealkylation sites (tertiary alicyclic amines) is 1. The number of carbonyl (C=O) groups excluding carboxylic acids is 1. The van der Waals surface area contributed by atoms with Crippen LogP contribution in [0.15, 0.2) is 16.8 Å². The minimum absolute atomic E-state index is 0.00247. The van der Waals surface area contributed by atoms with Crippen LogP contribution >= 0.6 is 0 Å². The van der Waals surface area contributed by atoms with E-state index in [-0.39, 0.29) is 17.5 Å². The van der Waals surface area contributed by atoms with Crippen LogP contribution in [0.25, 0.3) is 0 Å². The van der Waals surface area contributed by atoms with Gasteiger partial charge in [0.15, 0.2) is 0 Å². The highest BCUT2D eigenvalue weighted by Crippen LogP contribution is 2.33. The number of hydrogen-bond donors (Lipinski definition) is 0. The maximum absolute atomic E-state index is 13.0. The molecule has 6 heteroatoms. The van der Waals surface area contributed by atoms with Crippen molar-refractivity contribution in [3.05, 3.63) is 35.0 Å². The fraction of sp³-hybridized carbons (Fsp3) is 0.588. The molecule has 0 saturated carbocycles. The van der Waals surface area contributed by atoms with Crippen molar-refractivity contribution in [2.24, 2.45) is 0 Å². The molecule has 1 aliphatic rings. The molecule has 0 unspecified atom stereocenters. The smallest absolute Gasteiger partial charge is 0.257 e. The molecule has 0 radical (unpaired) electrons. The van der Waals surface area contributed by atoms with Gasteiger partial charge in [0.05, 0.1) is 23.3 Å². The Labute approximate surface area is 136 Å². The lowest BCUT2D eigenvalue weighted by Crippen LogP contribution is -2.31. The van der Waals surface area contributed by atoms with Crippen LogP contribution in [0.5, 0.6) is 0 Å². The minimum Gasteiger partial charge on any atom is -0.361 e. The van der Waals surface area contributed by atoms with Gasteiger partial charge in [0.2, 0.25) is 0 Å². The number of amides is 1. The first kappa shape index (κ1) is 15.8. The molecule has 1 saturated heterocycles. The van der Waals surface area contributed by atoms with Crippen molar-refractivity contribution in [2.45, 2.75) is 59.0 Å². The van der Waals surface area contributed by atoms with Crippen molar-refractivity contribution in [1.82, 2.24) is 19.8 Å². The number of carbonyl (C=O) groups is 1. The van der Waals surface area contributed by atoms with Crippen LogP contribution in [0.4, 0.5) is 0 Å². The summed E-state index contributed by atoms with van der Waals surface area (Å²) in [5.41, 5.74) is 2.28. The Bertz CT molecular complexity index is 723. The second-order valence-corrected chi connectivity index (χ2v) is 7.25. The van der Waals surface area contributed by atoms with E-state index in [1.54, 1.807) is 6.20 Å². The van der Waals surface area contributed by atoms with Crippen LogP contribution in [-0.4, -0.2) is 32.3 Å². The second kappa shape index (κ2) is 5.51. The third-order valence-electron chi connectivity index (χ3n) is 4.38. The van der Waals surface area contributed by atoms with E-state index in [9.17, 15) is 4.79 Å². The molecule has 6 nitrogen and oxygen atoms in total. The Kier molecular flexibility index (Phi) is 3.78. The van der Waals surface area contributed by atoms with Crippen LogP contribution in [0, 0.1) is 13.8 Å². The van der Waals surface area contributed by atoms with Gasteiger partial charge in [-0.15, -0.1) is 0 Å². The van der Waals surface area contributed by atoms with Crippen LogP contribution in [-0.2, 0) is 5.54 Å². The third kappa shape index (κ3) is 2.78. The van der Waals surface area contributed by atoms with E-state index in [1.807, 2.05) is 29.5 Å². The van der Waals surface area contributed by atoms with Gasteiger partial charge in [0.25, 0.3) is 5.91 Å². The summed E-state index contributed by atoms with van der Waals surface area (Å²) < 4.78 is 7.09. The summed E-state index contributed by atoms with van der Waals surface area (Å²) in [5, 5.41) is 8.52. The Balaban J connectivity index is 1.89. The van der Waals surface area contributed by atoms with E-state index < -0.39 is 0 Å². The van der Waals surface area contributed by atoms with E-state index in [2.05, 4.69) is 31.0 Å². The average Bonchev–Trinajstić information content (AvgIpc) is 3.15. The highest BCUT2D eigenvalue weighted by atomic mass is 16.5. The zero-order valence-corrected chi connectivity index (χ0v) is 14.5. The molecular formula is C17H24N4O2. The Morgan fingerprint density at radius 1 is 1.35 bits per heavy atom. The standard InChI is InChI=1S/C17H24N4O2/c1-11-9-14(19-23-11)15-7-6-8-20(15)16(22)13-10-18-21(12(13)2)17(3,4)5/h9-10,15H,6-8H2,1-5H3/t15-/m1/s1. The molecule has 1 atom stereocenters. The number of aromatic nitrogens is 3. The van der Waals surface area contributed by atoms with Crippen molar-refractivity contribution in [2.75, 3.05) is 6.54 Å².